The molecule has 0 saturated carbocycles. The lowest BCUT2D eigenvalue weighted by Crippen LogP contribution is -2.36. The van der Waals surface area contributed by atoms with Crippen LogP contribution < -0.4 is 10.2 Å². The summed E-state index contributed by atoms with van der Waals surface area (Å²) < 4.78 is 10.3. The van der Waals surface area contributed by atoms with E-state index in [0.29, 0.717) is 23.9 Å². The molecule has 8 heteroatoms. The first-order valence-electron chi connectivity index (χ1n) is 8.38. The summed E-state index contributed by atoms with van der Waals surface area (Å²) in [5.41, 5.74) is 1.85. The third kappa shape index (κ3) is 5.35. The summed E-state index contributed by atoms with van der Waals surface area (Å²) in [4.78, 5) is 26.2. The van der Waals surface area contributed by atoms with Gasteiger partial charge >= 0.3 is 5.97 Å². The van der Waals surface area contributed by atoms with Crippen molar-refractivity contribution in [1.82, 2.24) is 0 Å². The maximum Gasteiger partial charge on any atom is 0.340 e. The average Bonchev–Trinajstić information content (AvgIpc) is 2.67. The smallest absolute Gasteiger partial charge is 0.340 e. The molecule has 1 saturated heterocycles. The van der Waals surface area contributed by atoms with Crippen LogP contribution in [0.4, 0.5) is 11.4 Å². The number of benzene rings is 2. The van der Waals surface area contributed by atoms with Crippen molar-refractivity contribution in [2.75, 3.05) is 43.1 Å². The number of halogens is 2. The van der Waals surface area contributed by atoms with Crippen molar-refractivity contribution in [2.45, 2.75) is 0 Å². The number of nitrogens with zero attached hydrogens (tertiary/aromatic N) is 1. The molecule has 6 nitrogen and oxygen atoms in total. The van der Waals surface area contributed by atoms with E-state index in [-0.39, 0.29) is 10.6 Å². The van der Waals surface area contributed by atoms with Crippen LogP contribution in [0, 0.1) is 0 Å². The number of hydrogen-bond donors (Lipinski definition) is 1. The van der Waals surface area contributed by atoms with Crippen LogP contribution in [0.15, 0.2) is 42.5 Å². The van der Waals surface area contributed by atoms with Crippen molar-refractivity contribution in [2.24, 2.45) is 0 Å². The molecule has 0 aliphatic carbocycles. The van der Waals surface area contributed by atoms with Crippen molar-refractivity contribution in [3.63, 3.8) is 0 Å². The predicted octanol–water partition coefficient (Wildman–Crippen LogP) is 3.63. The minimum atomic E-state index is -0.686. The molecule has 1 fully saturated rings. The monoisotopic (exact) mass is 408 g/mol. The van der Waals surface area contributed by atoms with Gasteiger partial charge < -0.3 is 19.7 Å². The molecule has 2 aromatic rings. The van der Waals surface area contributed by atoms with Crippen LogP contribution in [-0.4, -0.2) is 44.8 Å². The number of rotatable bonds is 5. The van der Waals surface area contributed by atoms with E-state index in [1.807, 2.05) is 12.1 Å². The average molecular weight is 409 g/mol. The normalized spacial score (nSPS) is 13.9. The molecule has 27 heavy (non-hydrogen) atoms. The highest BCUT2D eigenvalue weighted by Crippen LogP contribution is 2.22. The molecule has 1 heterocycles. The standard InChI is InChI=1S/C19H18Cl2N2O4/c20-13-1-6-16(17(21)11-13)19(25)27-12-18(24)22-14-2-4-15(5-3-14)23-7-9-26-10-8-23/h1-6,11H,7-10,12H2,(H,22,24). The van der Waals surface area contributed by atoms with Gasteiger partial charge in [-0.2, -0.15) is 0 Å². The first kappa shape index (κ1) is 19.5. The van der Waals surface area contributed by atoms with Gasteiger partial charge in [0.2, 0.25) is 0 Å². The molecule has 0 bridgehead atoms. The van der Waals surface area contributed by atoms with Crippen molar-refractivity contribution >= 4 is 46.5 Å². The Kier molecular flexibility index (Phi) is 6.55. The summed E-state index contributed by atoms with van der Waals surface area (Å²) in [5.74, 6) is -1.12. The van der Waals surface area contributed by atoms with Crippen molar-refractivity contribution < 1.29 is 19.1 Å². The summed E-state index contributed by atoms with van der Waals surface area (Å²) in [6.07, 6.45) is 0. The van der Waals surface area contributed by atoms with E-state index < -0.39 is 18.5 Å². The Balaban J connectivity index is 1.50. The van der Waals surface area contributed by atoms with Gasteiger partial charge in [0.05, 0.1) is 23.8 Å². The fraction of sp³-hybridized carbons (Fsp3) is 0.263. The third-order valence-corrected chi connectivity index (χ3v) is 4.56. The lowest BCUT2D eigenvalue weighted by atomic mass is 10.2. The van der Waals surface area contributed by atoms with Crippen LogP contribution in [0.1, 0.15) is 10.4 Å². The predicted molar refractivity (Wildman–Crippen MR) is 105 cm³/mol. The van der Waals surface area contributed by atoms with Gasteiger partial charge in [-0.1, -0.05) is 23.2 Å². The minimum Gasteiger partial charge on any atom is -0.452 e. The highest BCUT2D eigenvalue weighted by Gasteiger charge is 2.15. The second kappa shape index (κ2) is 9.08. The minimum absolute atomic E-state index is 0.156. The summed E-state index contributed by atoms with van der Waals surface area (Å²) in [6.45, 7) is 2.69. The van der Waals surface area contributed by atoms with Gasteiger partial charge in [0.15, 0.2) is 6.61 Å². The second-order valence-corrected chi connectivity index (χ2v) is 6.74. The van der Waals surface area contributed by atoms with E-state index >= 15 is 0 Å². The number of ether oxygens (including phenoxy) is 2. The molecule has 0 radical (unpaired) electrons. The number of nitrogens with one attached hydrogen (secondary N) is 1. The Morgan fingerprint density at radius 2 is 1.78 bits per heavy atom. The Labute approximate surface area is 167 Å². The lowest BCUT2D eigenvalue weighted by Gasteiger charge is -2.28. The van der Waals surface area contributed by atoms with Crippen molar-refractivity contribution in [3.05, 3.63) is 58.1 Å². The van der Waals surface area contributed by atoms with Gasteiger partial charge in [-0.05, 0) is 42.5 Å². The molecule has 0 spiro atoms. The molecule has 3 rings (SSSR count). The van der Waals surface area contributed by atoms with Gasteiger partial charge in [-0.25, -0.2) is 4.79 Å². The highest BCUT2D eigenvalue weighted by molar-refractivity contribution is 6.36. The van der Waals surface area contributed by atoms with E-state index in [0.717, 1.165) is 18.8 Å². The van der Waals surface area contributed by atoms with Gasteiger partial charge in [0.1, 0.15) is 0 Å². The summed E-state index contributed by atoms with van der Waals surface area (Å²) in [7, 11) is 0. The van der Waals surface area contributed by atoms with E-state index in [9.17, 15) is 9.59 Å². The number of morpholine rings is 1. The number of esters is 1. The first-order valence-corrected chi connectivity index (χ1v) is 9.13. The van der Waals surface area contributed by atoms with E-state index in [1.165, 1.54) is 18.2 Å². The number of carbonyl (C=O) groups excluding carboxylic acids is 2. The number of hydrogen-bond acceptors (Lipinski definition) is 5. The van der Waals surface area contributed by atoms with Crippen LogP contribution >= 0.6 is 23.2 Å². The topological polar surface area (TPSA) is 67.9 Å². The molecule has 1 N–H and O–H groups in total. The summed E-state index contributed by atoms with van der Waals surface area (Å²) in [6, 6.07) is 11.9. The largest absolute Gasteiger partial charge is 0.452 e. The fourth-order valence-electron chi connectivity index (χ4n) is 2.64. The molecule has 2 aromatic carbocycles. The van der Waals surface area contributed by atoms with E-state index in [4.69, 9.17) is 32.7 Å². The number of amides is 1. The molecular formula is C19H18Cl2N2O4. The second-order valence-electron chi connectivity index (χ2n) is 5.89. The Hall–Kier alpha value is -2.28. The van der Waals surface area contributed by atoms with Crippen LogP contribution in [-0.2, 0) is 14.3 Å². The first-order chi connectivity index (χ1) is 13.0. The van der Waals surface area contributed by atoms with E-state index in [2.05, 4.69) is 10.2 Å². The van der Waals surface area contributed by atoms with Crippen molar-refractivity contribution in [3.8, 4) is 0 Å². The molecule has 0 atom stereocenters. The Morgan fingerprint density at radius 1 is 1.07 bits per heavy atom. The van der Waals surface area contributed by atoms with Gasteiger partial charge in [0.25, 0.3) is 5.91 Å². The molecule has 1 aliphatic heterocycles. The Morgan fingerprint density at radius 3 is 2.44 bits per heavy atom. The maximum absolute atomic E-state index is 12.0. The van der Waals surface area contributed by atoms with Gasteiger partial charge in [-0.3, -0.25) is 4.79 Å². The van der Waals surface area contributed by atoms with Gasteiger partial charge in [-0.15, -0.1) is 0 Å². The molecule has 142 valence electrons. The molecule has 1 amide bonds. The molecular weight excluding hydrogens is 391 g/mol. The zero-order chi connectivity index (χ0) is 19.2. The molecule has 1 aliphatic rings. The van der Waals surface area contributed by atoms with Crippen molar-refractivity contribution in [1.29, 1.82) is 0 Å². The van der Waals surface area contributed by atoms with Crippen LogP contribution in [0.3, 0.4) is 0 Å². The van der Waals surface area contributed by atoms with E-state index in [1.54, 1.807) is 12.1 Å². The van der Waals surface area contributed by atoms with Crippen LogP contribution in [0.2, 0.25) is 10.0 Å². The zero-order valence-corrected chi connectivity index (χ0v) is 15.9. The number of anilines is 2. The third-order valence-electron chi connectivity index (χ3n) is 4.01. The molecule has 0 aromatic heterocycles. The van der Waals surface area contributed by atoms with Gasteiger partial charge in [0, 0.05) is 29.5 Å². The fourth-order valence-corrected chi connectivity index (χ4v) is 3.12. The lowest BCUT2D eigenvalue weighted by molar-refractivity contribution is -0.119. The van der Waals surface area contributed by atoms with Crippen LogP contribution in [0.25, 0.3) is 0 Å². The van der Waals surface area contributed by atoms with Crippen LogP contribution in [0.5, 0.6) is 0 Å². The molecule has 0 unspecified atom stereocenters. The quantitative estimate of drug-likeness (QED) is 0.765. The summed E-state index contributed by atoms with van der Waals surface area (Å²) in [5, 5.41) is 3.27. The highest BCUT2D eigenvalue weighted by atomic mass is 35.5. The SMILES string of the molecule is O=C(COC(=O)c1ccc(Cl)cc1Cl)Nc1ccc(N2CCOCC2)cc1. The Bertz CT molecular complexity index is 821. The summed E-state index contributed by atoms with van der Waals surface area (Å²) >= 11 is 11.7. The maximum atomic E-state index is 12.0. The zero-order valence-electron chi connectivity index (χ0n) is 14.4. The number of carbonyl (C=O) groups is 2.